The van der Waals surface area contributed by atoms with Gasteiger partial charge in [-0.2, -0.15) is 26.3 Å². The Hall–Kier alpha value is -4.93. The van der Waals surface area contributed by atoms with E-state index in [9.17, 15) is 43.9 Å². The Morgan fingerprint density at radius 1 is 0.469 bits per heavy atom. The molecule has 0 spiro atoms. The van der Waals surface area contributed by atoms with Gasteiger partial charge in [-0.05, 0) is 60.7 Å². The number of allylic oxidation sites excluding steroid dienone is 6. The van der Waals surface area contributed by atoms with Gasteiger partial charge in [-0.1, -0.05) is 12.1 Å². The minimum Gasteiger partial charge on any atom is -0.256 e. The van der Waals surface area contributed by atoms with Gasteiger partial charge in [0.05, 0.1) is 45.0 Å². The van der Waals surface area contributed by atoms with Gasteiger partial charge < -0.3 is 0 Å². The van der Waals surface area contributed by atoms with Gasteiger partial charge >= 0.3 is 12.4 Å². The first-order valence-electron chi connectivity index (χ1n) is 13.4. The standard InChI is InChI=1S/C12H6F6N2.2C11H6F2N.Ir/c13-11(14,15)7-1-3-19-9(5-7)10-6-8(2-4-20-10)12(16,17)18;2*12-8-4-5-9(10(13)7-8)11-3-1-2-6-14-11;/h1-6H;2*1-4,6-7H;. The van der Waals surface area contributed by atoms with E-state index in [0.29, 0.717) is 23.5 Å². The molecule has 3 radical (unpaired) electrons. The number of hydrogen-bond donors (Lipinski definition) is 0. The number of rotatable bonds is 3. The second-order valence-electron chi connectivity index (χ2n) is 9.37. The molecule has 0 saturated carbocycles. The number of nitrogens with zero attached hydrogens (tertiary/aromatic N) is 4. The van der Waals surface area contributed by atoms with E-state index in [1.807, 2.05) is 0 Å². The molecule has 253 valence electrons. The van der Waals surface area contributed by atoms with Crippen LogP contribution in [0.15, 0.2) is 133 Å². The Morgan fingerprint density at radius 3 is 1.14 bits per heavy atom. The summed E-state index contributed by atoms with van der Waals surface area (Å²) in [5.74, 6) is -1.27. The predicted molar refractivity (Wildman–Crippen MR) is 156 cm³/mol. The summed E-state index contributed by atoms with van der Waals surface area (Å²) < 4.78 is 127. The molecule has 6 rings (SSSR count). The van der Waals surface area contributed by atoms with Gasteiger partial charge in [0.25, 0.3) is 0 Å². The second-order valence-corrected chi connectivity index (χ2v) is 9.37. The molecular formula is C34H18F10IrN4. The van der Waals surface area contributed by atoms with Crippen molar-refractivity contribution >= 4 is 11.1 Å². The monoisotopic (exact) mass is 865 g/mol. The Bertz CT molecular complexity index is 1780. The van der Waals surface area contributed by atoms with Crippen LogP contribution in [0.4, 0.5) is 43.9 Å². The Morgan fingerprint density at radius 2 is 0.837 bits per heavy atom. The second kappa shape index (κ2) is 16.9. The van der Waals surface area contributed by atoms with E-state index >= 15 is 0 Å². The van der Waals surface area contributed by atoms with Crippen molar-refractivity contribution in [1.82, 2.24) is 19.9 Å². The first-order chi connectivity index (χ1) is 22.7. The van der Waals surface area contributed by atoms with Gasteiger partial charge in [-0.3, -0.25) is 19.9 Å². The molecule has 0 fully saturated rings. The maximum Gasteiger partial charge on any atom is 0.416 e. The number of alkyl halides is 6. The quantitative estimate of drug-likeness (QED) is 0.152. The number of pyridine rings is 4. The summed E-state index contributed by atoms with van der Waals surface area (Å²) in [6, 6.07) is 13.0. The molecule has 4 nitrogen and oxygen atoms in total. The molecule has 0 N–H and O–H groups in total. The molecule has 15 heteroatoms. The smallest absolute Gasteiger partial charge is 0.256 e. The molecule has 4 aromatic heterocycles. The molecule has 0 unspecified atom stereocenters. The fourth-order valence-corrected chi connectivity index (χ4v) is 3.80. The SMILES string of the molecule is FC(F)(F)c1ccnc(-c2cc(C(F)(F)F)ccn2)c1.F[C]1C=C(F)C=C=C1c1ccccn1.F[C]1C=C(F)C=C=C1c1ccccn1.[Ir]. The molecule has 2 aliphatic rings. The first kappa shape index (κ1) is 38.5. The van der Waals surface area contributed by atoms with Crippen LogP contribution in [0.2, 0.25) is 0 Å². The average Bonchev–Trinajstić information content (AvgIpc) is 3.06. The van der Waals surface area contributed by atoms with Crippen molar-refractivity contribution in [3.63, 3.8) is 0 Å². The molecular weight excluding hydrogens is 847 g/mol. The summed E-state index contributed by atoms with van der Waals surface area (Å²) in [5, 5.41) is 0. The van der Waals surface area contributed by atoms with Crippen LogP contribution in [0.5, 0.6) is 0 Å². The van der Waals surface area contributed by atoms with Gasteiger partial charge in [0, 0.05) is 57.0 Å². The minimum absolute atomic E-state index is 0. The van der Waals surface area contributed by atoms with Crippen LogP contribution in [0.1, 0.15) is 22.5 Å². The van der Waals surface area contributed by atoms with Crippen LogP contribution in [-0.2, 0) is 32.5 Å². The largest absolute Gasteiger partial charge is 0.416 e. The average molecular weight is 865 g/mol. The third-order valence-electron chi connectivity index (χ3n) is 5.99. The Kier molecular flexibility index (Phi) is 13.3. The fourth-order valence-electron chi connectivity index (χ4n) is 3.80. The first-order valence-corrected chi connectivity index (χ1v) is 13.4. The normalized spacial score (nSPS) is 14.5. The summed E-state index contributed by atoms with van der Waals surface area (Å²) in [5.41, 5.74) is 3.75. The summed E-state index contributed by atoms with van der Waals surface area (Å²) >= 11 is 0. The maximum absolute atomic E-state index is 13.2. The van der Waals surface area contributed by atoms with Crippen molar-refractivity contribution in [2.75, 3.05) is 0 Å². The van der Waals surface area contributed by atoms with E-state index in [1.54, 1.807) is 48.8 Å². The Labute approximate surface area is 286 Å². The van der Waals surface area contributed by atoms with Crippen molar-refractivity contribution in [2.24, 2.45) is 0 Å². The van der Waals surface area contributed by atoms with Gasteiger partial charge in [0.2, 0.25) is 12.3 Å². The number of halogens is 10. The van der Waals surface area contributed by atoms with Crippen LogP contribution in [0, 0.1) is 12.3 Å². The molecule has 4 aromatic rings. The zero-order valence-electron chi connectivity index (χ0n) is 24.3. The minimum atomic E-state index is -4.60. The molecule has 0 amide bonds. The predicted octanol–water partition coefficient (Wildman–Crippen LogP) is 10.2. The molecule has 0 aliphatic heterocycles. The van der Waals surface area contributed by atoms with Crippen LogP contribution >= 0.6 is 0 Å². The van der Waals surface area contributed by atoms with Crippen molar-refractivity contribution in [1.29, 1.82) is 0 Å². The fraction of sp³-hybridized carbons (Fsp3) is 0.0588. The van der Waals surface area contributed by atoms with Crippen LogP contribution in [0.3, 0.4) is 0 Å². The van der Waals surface area contributed by atoms with Gasteiger partial charge in [0.1, 0.15) is 11.7 Å². The van der Waals surface area contributed by atoms with E-state index in [0.717, 1.165) is 48.8 Å². The van der Waals surface area contributed by atoms with Crippen molar-refractivity contribution < 1.29 is 64.0 Å². The molecule has 4 heterocycles. The maximum atomic E-state index is 13.2. The molecule has 0 bridgehead atoms. The molecule has 2 aliphatic carbocycles. The van der Waals surface area contributed by atoms with E-state index in [2.05, 4.69) is 31.4 Å². The van der Waals surface area contributed by atoms with E-state index in [-0.39, 0.29) is 42.6 Å². The van der Waals surface area contributed by atoms with Crippen LogP contribution in [-0.4, -0.2) is 19.9 Å². The van der Waals surface area contributed by atoms with Gasteiger partial charge in [-0.25, -0.2) is 17.6 Å². The third kappa shape index (κ3) is 11.1. The van der Waals surface area contributed by atoms with Gasteiger partial charge in [-0.15, -0.1) is 11.5 Å². The van der Waals surface area contributed by atoms with E-state index in [4.69, 9.17) is 0 Å². The molecule has 0 aromatic carbocycles. The van der Waals surface area contributed by atoms with Crippen molar-refractivity contribution in [3.05, 3.63) is 168 Å². The zero-order valence-corrected chi connectivity index (χ0v) is 26.7. The Balaban J connectivity index is 0.000000202. The summed E-state index contributed by atoms with van der Waals surface area (Å²) in [4.78, 5) is 15.1. The van der Waals surface area contributed by atoms with Crippen LogP contribution < -0.4 is 0 Å². The number of aromatic nitrogens is 4. The van der Waals surface area contributed by atoms with Gasteiger partial charge in [0.15, 0.2) is 0 Å². The van der Waals surface area contributed by atoms with E-state index < -0.39 is 47.5 Å². The molecule has 49 heavy (non-hydrogen) atoms. The van der Waals surface area contributed by atoms with Crippen molar-refractivity contribution in [3.8, 4) is 11.4 Å². The molecule has 0 saturated heterocycles. The van der Waals surface area contributed by atoms with E-state index in [1.165, 1.54) is 0 Å². The topological polar surface area (TPSA) is 51.6 Å². The number of hydrogen-bond acceptors (Lipinski definition) is 4. The summed E-state index contributed by atoms with van der Waals surface area (Å²) in [6.45, 7) is 0. The van der Waals surface area contributed by atoms with Crippen LogP contribution in [0.25, 0.3) is 22.5 Å². The zero-order chi connectivity index (χ0) is 34.9. The third-order valence-corrected chi connectivity index (χ3v) is 5.99. The summed E-state index contributed by atoms with van der Waals surface area (Å²) in [6.07, 6.45) is -1.83. The summed E-state index contributed by atoms with van der Waals surface area (Å²) in [7, 11) is 0. The van der Waals surface area contributed by atoms with Crippen molar-refractivity contribution in [2.45, 2.75) is 12.4 Å². The molecule has 0 atom stereocenters.